The van der Waals surface area contributed by atoms with E-state index in [1.165, 1.54) is 0 Å². The monoisotopic (exact) mass is 279 g/mol. The van der Waals surface area contributed by atoms with E-state index in [1.807, 2.05) is 26.8 Å². The predicted molar refractivity (Wildman–Crippen MR) is 79.2 cm³/mol. The predicted octanol–water partition coefficient (Wildman–Crippen LogP) is 2.80. The highest BCUT2D eigenvalue weighted by molar-refractivity contribution is 5.30. The molecule has 0 aromatic carbocycles. The summed E-state index contributed by atoms with van der Waals surface area (Å²) in [6.45, 7) is 9.82. The molecule has 0 aliphatic carbocycles. The first-order valence-corrected chi connectivity index (χ1v) is 7.46. The van der Waals surface area contributed by atoms with Crippen molar-refractivity contribution < 1.29 is 9.47 Å². The summed E-state index contributed by atoms with van der Waals surface area (Å²) in [6, 6.07) is 1.86. The molecule has 0 bridgehead atoms. The first kappa shape index (κ1) is 15.0. The van der Waals surface area contributed by atoms with Crippen LogP contribution in [0.3, 0.4) is 0 Å². The van der Waals surface area contributed by atoms with Gasteiger partial charge in [-0.1, -0.05) is 6.92 Å². The van der Waals surface area contributed by atoms with Gasteiger partial charge in [0.25, 0.3) is 0 Å². The van der Waals surface area contributed by atoms with Gasteiger partial charge in [-0.3, -0.25) is 0 Å². The molecule has 20 heavy (non-hydrogen) atoms. The molecule has 112 valence electrons. The van der Waals surface area contributed by atoms with Crippen molar-refractivity contribution in [3.63, 3.8) is 0 Å². The van der Waals surface area contributed by atoms with E-state index in [2.05, 4.69) is 22.2 Å². The first-order valence-electron chi connectivity index (χ1n) is 7.46. The Bertz CT molecular complexity index is 437. The van der Waals surface area contributed by atoms with Crippen molar-refractivity contribution in [2.45, 2.75) is 52.7 Å². The highest BCUT2D eigenvalue weighted by Gasteiger charge is 2.26. The van der Waals surface area contributed by atoms with Crippen LogP contribution >= 0.6 is 0 Å². The molecule has 1 aliphatic rings. The normalized spacial score (nSPS) is 22.2. The summed E-state index contributed by atoms with van der Waals surface area (Å²) in [5.74, 6) is 1.81. The Labute approximate surface area is 121 Å². The van der Waals surface area contributed by atoms with Crippen molar-refractivity contribution in [3.8, 4) is 5.88 Å². The molecule has 5 heteroatoms. The zero-order chi connectivity index (χ0) is 14.5. The molecule has 5 nitrogen and oxygen atoms in total. The SMILES string of the molecule is CCC1OCCC1CNc1nc(C)cc(OC(C)C)n1. The summed E-state index contributed by atoms with van der Waals surface area (Å²) in [5, 5.41) is 3.32. The molecule has 1 aliphatic heterocycles. The van der Waals surface area contributed by atoms with E-state index in [-0.39, 0.29) is 6.10 Å². The summed E-state index contributed by atoms with van der Waals surface area (Å²) in [6.07, 6.45) is 2.64. The second-order valence-corrected chi connectivity index (χ2v) is 5.58. The number of nitrogens with one attached hydrogen (secondary N) is 1. The molecular weight excluding hydrogens is 254 g/mol. The maximum absolute atomic E-state index is 5.70. The van der Waals surface area contributed by atoms with E-state index in [0.29, 0.717) is 23.9 Å². The maximum atomic E-state index is 5.70. The molecule has 2 heterocycles. The molecule has 1 fully saturated rings. The van der Waals surface area contributed by atoms with Crippen LogP contribution in [0.2, 0.25) is 0 Å². The van der Waals surface area contributed by atoms with Crippen LogP contribution in [-0.4, -0.2) is 35.3 Å². The van der Waals surface area contributed by atoms with Gasteiger partial charge in [-0.25, -0.2) is 4.98 Å². The van der Waals surface area contributed by atoms with Gasteiger partial charge in [0.2, 0.25) is 11.8 Å². The Morgan fingerprint density at radius 1 is 1.45 bits per heavy atom. The Hall–Kier alpha value is -1.36. The topological polar surface area (TPSA) is 56.3 Å². The third-order valence-electron chi connectivity index (χ3n) is 3.46. The number of aromatic nitrogens is 2. The Morgan fingerprint density at radius 3 is 2.95 bits per heavy atom. The summed E-state index contributed by atoms with van der Waals surface area (Å²) >= 11 is 0. The Morgan fingerprint density at radius 2 is 2.25 bits per heavy atom. The van der Waals surface area contributed by atoms with Crippen molar-refractivity contribution in [2.24, 2.45) is 5.92 Å². The van der Waals surface area contributed by atoms with Gasteiger partial charge in [0.1, 0.15) is 0 Å². The lowest BCUT2D eigenvalue weighted by molar-refractivity contribution is 0.0900. The number of hydrogen-bond donors (Lipinski definition) is 1. The zero-order valence-corrected chi connectivity index (χ0v) is 12.8. The molecule has 2 atom stereocenters. The molecule has 1 N–H and O–H groups in total. The van der Waals surface area contributed by atoms with Crippen molar-refractivity contribution in [1.82, 2.24) is 9.97 Å². The fourth-order valence-corrected chi connectivity index (χ4v) is 2.52. The van der Waals surface area contributed by atoms with Crippen LogP contribution in [0.5, 0.6) is 5.88 Å². The number of rotatable bonds is 6. The quantitative estimate of drug-likeness (QED) is 0.867. The average molecular weight is 279 g/mol. The van der Waals surface area contributed by atoms with E-state index in [4.69, 9.17) is 9.47 Å². The lowest BCUT2D eigenvalue weighted by atomic mass is 10.00. The number of anilines is 1. The fourth-order valence-electron chi connectivity index (χ4n) is 2.52. The van der Waals surface area contributed by atoms with Crippen LogP contribution in [0, 0.1) is 12.8 Å². The fraction of sp³-hybridized carbons (Fsp3) is 0.733. The van der Waals surface area contributed by atoms with Gasteiger partial charge >= 0.3 is 0 Å². The summed E-state index contributed by atoms with van der Waals surface area (Å²) in [5.41, 5.74) is 0.910. The minimum absolute atomic E-state index is 0.116. The first-order chi connectivity index (χ1) is 9.58. The number of nitrogens with zero attached hydrogens (tertiary/aromatic N) is 2. The van der Waals surface area contributed by atoms with E-state index >= 15 is 0 Å². The van der Waals surface area contributed by atoms with Gasteiger partial charge in [-0.05, 0) is 33.6 Å². The van der Waals surface area contributed by atoms with Crippen LogP contribution in [0.15, 0.2) is 6.07 Å². The van der Waals surface area contributed by atoms with Gasteiger partial charge in [0.05, 0.1) is 12.2 Å². The molecule has 0 spiro atoms. The molecular formula is C15H25N3O2. The van der Waals surface area contributed by atoms with Crippen LogP contribution in [0.4, 0.5) is 5.95 Å². The van der Waals surface area contributed by atoms with Crippen LogP contribution in [0.25, 0.3) is 0 Å². The van der Waals surface area contributed by atoms with Gasteiger partial charge in [0, 0.05) is 30.8 Å². The Kier molecular flexibility index (Phi) is 5.17. The largest absolute Gasteiger partial charge is 0.475 e. The third kappa shape index (κ3) is 4.07. The van der Waals surface area contributed by atoms with Crippen LogP contribution < -0.4 is 10.1 Å². The Balaban J connectivity index is 1.96. The van der Waals surface area contributed by atoms with Crippen molar-refractivity contribution in [3.05, 3.63) is 11.8 Å². The minimum atomic E-state index is 0.116. The molecule has 1 aromatic heterocycles. The maximum Gasteiger partial charge on any atom is 0.226 e. The second-order valence-electron chi connectivity index (χ2n) is 5.58. The van der Waals surface area contributed by atoms with Crippen molar-refractivity contribution in [2.75, 3.05) is 18.5 Å². The lowest BCUT2D eigenvalue weighted by Crippen LogP contribution is -2.23. The third-order valence-corrected chi connectivity index (χ3v) is 3.46. The molecule has 2 rings (SSSR count). The van der Waals surface area contributed by atoms with Crippen molar-refractivity contribution in [1.29, 1.82) is 0 Å². The number of hydrogen-bond acceptors (Lipinski definition) is 5. The van der Waals surface area contributed by atoms with Crippen molar-refractivity contribution >= 4 is 5.95 Å². The molecule has 1 saturated heterocycles. The summed E-state index contributed by atoms with van der Waals surface area (Å²) < 4.78 is 11.3. The highest BCUT2D eigenvalue weighted by atomic mass is 16.5. The lowest BCUT2D eigenvalue weighted by Gasteiger charge is -2.17. The molecule has 1 aromatic rings. The molecule has 0 saturated carbocycles. The van der Waals surface area contributed by atoms with E-state index in [1.54, 1.807) is 0 Å². The summed E-state index contributed by atoms with van der Waals surface area (Å²) in [4.78, 5) is 8.81. The van der Waals surface area contributed by atoms with E-state index in [9.17, 15) is 0 Å². The van der Waals surface area contributed by atoms with E-state index < -0.39 is 0 Å². The summed E-state index contributed by atoms with van der Waals surface area (Å²) in [7, 11) is 0. The number of aryl methyl sites for hydroxylation is 1. The van der Waals surface area contributed by atoms with E-state index in [0.717, 1.165) is 31.7 Å². The average Bonchev–Trinajstić information content (AvgIpc) is 2.82. The highest BCUT2D eigenvalue weighted by Crippen LogP contribution is 2.23. The second kappa shape index (κ2) is 6.88. The smallest absolute Gasteiger partial charge is 0.226 e. The van der Waals surface area contributed by atoms with Crippen LogP contribution in [0.1, 0.15) is 39.3 Å². The standard InChI is InChI=1S/C15H25N3O2/c1-5-13-12(6-7-19-13)9-16-15-17-11(4)8-14(18-15)20-10(2)3/h8,10,12-13H,5-7,9H2,1-4H3,(H,16,17,18). The molecule has 2 unspecified atom stereocenters. The minimum Gasteiger partial charge on any atom is -0.475 e. The van der Waals surface area contributed by atoms with Gasteiger partial charge < -0.3 is 14.8 Å². The van der Waals surface area contributed by atoms with Gasteiger partial charge in [0.15, 0.2) is 0 Å². The number of ether oxygens (including phenoxy) is 2. The van der Waals surface area contributed by atoms with Crippen LogP contribution in [-0.2, 0) is 4.74 Å². The zero-order valence-electron chi connectivity index (χ0n) is 12.8. The van der Waals surface area contributed by atoms with Gasteiger partial charge in [-0.2, -0.15) is 4.98 Å². The van der Waals surface area contributed by atoms with Gasteiger partial charge in [-0.15, -0.1) is 0 Å². The molecule has 0 radical (unpaired) electrons. The molecule has 0 amide bonds.